The molecule has 2 aromatic rings. The van der Waals surface area contributed by atoms with Crippen LogP contribution in [-0.4, -0.2) is 36.4 Å². The predicted molar refractivity (Wildman–Crippen MR) is 90.3 cm³/mol. The second-order valence-corrected chi connectivity index (χ2v) is 5.15. The van der Waals surface area contributed by atoms with E-state index in [2.05, 4.69) is 26.1 Å². The van der Waals surface area contributed by atoms with Gasteiger partial charge in [0.2, 0.25) is 0 Å². The first kappa shape index (κ1) is 16.8. The van der Waals surface area contributed by atoms with E-state index in [9.17, 15) is 4.79 Å². The Kier molecular flexibility index (Phi) is 5.99. The van der Waals surface area contributed by atoms with Crippen LogP contribution < -0.4 is 20.7 Å². The molecule has 0 aliphatic carbocycles. The number of rotatable bonds is 6. The van der Waals surface area contributed by atoms with Crippen LogP contribution in [-0.2, 0) is 0 Å². The van der Waals surface area contributed by atoms with E-state index in [-0.39, 0.29) is 6.03 Å². The molecule has 2 amide bonds. The lowest BCUT2D eigenvalue weighted by atomic mass is 10.3. The molecule has 0 spiro atoms. The molecule has 0 unspecified atom stereocenters. The summed E-state index contributed by atoms with van der Waals surface area (Å²) in [4.78, 5) is 11.9. The Morgan fingerprint density at radius 3 is 2.74 bits per heavy atom. The minimum atomic E-state index is -0.345. The number of halogens is 1. The van der Waals surface area contributed by atoms with Gasteiger partial charge in [-0.1, -0.05) is 11.6 Å². The van der Waals surface area contributed by atoms with Gasteiger partial charge in [0, 0.05) is 18.1 Å². The molecule has 3 N–H and O–H groups in total. The van der Waals surface area contributed by atoms with Crippen LogP contribution in [0.4, 0.5) is 16.3 Å². The molecular formula is C15H18ClN5O2. The highest BCUT2D eigenvalue weighted by atomic mass is 35.5. The van der Waals surface area contributed by atoms with Gasteiger partial charge < -0.3 is 20.7 Å². The summed E-state index contributed by atoms with van der Waals surface area (Å²) in [5, 5.41) is 16.9. The third-order valence-corrected chi connectivity index (χ3v) is 3.16. The third-order valence-electron chi connectivity index (χ3n) is 2.92. The van der Waals surface area contributed by atoms with Crippen molar-refractivity contribution in [3.8, 4) is 5.75 Å². The third kappa shape index (κ3) is 5.30. The van der Waals surface area contributed by atoms with Crippen LogP contribution in [0.3, 0.4) is 0 Å². The second-order valence-electron chi connectivity index (χ2n) is 4.71. The second kappa shape index (κ2) is 8.19. The maximum Gasteiger partial charge on any atom is 0.319 e. The van der Waals surface area contributed by atoms with Crippen LogP contribution in [0.25, 0.3) is 0 Å². The molecule has 23 heavy (non-hydrogen) atoms. The lowest BCUT2D eigenvalue weighted by Gasteiger charge is -2.12. The first-order valence-electron chi connectivity index (χ1n) is 7.01. The minimum absolute atomic E-state index is 0.345. The van der Waals surface area contributed by atoms with Crippen molar-refractivity contribution < 1.29 is 9.53 Å². The van der Waals surface area contributed by atoms with Gasteiger partial charge in [-0.05, 0) is 37.3 Å². The van der Waals surface area contributed by atoms with Gasteiger partial charge in [-0.15, -0.1) is 5.10 Å². The Morgan fingerprint density at radius 2 is 2.04 bits per heavy atom. The number of nitrogens with one attached hydrogen (secondary N) is 3. The van der Waals surface area contributed by atoms with Crippen LogP contribution in [0.1, 0.15) is 5.69 Å². The molecule has 0 saturated heterocycles. The maximum atomic E-state index is 11.9. The highest BCUT2D eigenvalue weighted by molar-refractivity contribution is 6.31. The average Bonchev–Trinajstić information content (AvgIpc) is 2.53. The first-order chi connectivity index (χ1) is 11.1. The molecule has 0 aliphatic rings. The summed E-state index contributed by atoms with van der Waals surface area (Å²) in [7, 11) is 1.53. The Morgan fingerprint density at radius 1 is 1.22 bits per heavy atom. The fourth-order valence-corrected chi connectivity index (χ4v) is 1.98. The normalized spacial score (nSPS) is 10.0. The van der Waals surface area contributed by atoms with Gasteiger partial charge in [0.1, 0.15) is 11.6 Å². The average molecular weight is 336 g/mol. The van der Waals surface area contributed by atoms with Crippen LogP contribution in [0, 0.1) is 6.92 Å². The summed E-state index contributed by atoms with van der Waals surface area (Å²) in [5.41, 5.74) is 1.36. The zero-order chi connectivity index (χ0) is 16.7. The predicted octanol–water partition coefficient (Wildman–Crippen LogP) is 2.68. The number of hydrogen-bond acceptors (Lipinski definition) is 5. The Balaban J connectivity index is 1.77. The largest absolute Gasteiger partial charge is 0.495 e. The summed E-state index contributed by atoms with van der Waals surface area (Å²) in [6, 6.07) is 8.36. The molecule has 122 valence electrons. The number of aryl methyl sites for hydroxylation is 1. The first-order valence-corrected chi connectivity index (χ1v) is 7.39. The standard InChI is InChI=1S/C15H18ClN5O2/c1-10-3-6-14(21-20-10)17-7-8-18-15(22)19-12-9-11(16)4-5-13(12)23-2/h3-6,9H,7-8H2,1-2H3,(H,17,21)(H2,18,19,22). The number of benzene rings is 1. The number of nitrogens with zero attached hydrogens (tertiary/aromatic N) is 2. The topological polar surface area (TPSA) is 88.2 Å². The molecule has 7 nitrogen and oxygen atoms in total. The van der Waals surface area contributed by atoms with Crippen molar-refractivity contribution in [2.75, 3.05) is 30.8 Å². The SMILES string of the molecule is COc1ccc(Cl)cc1NC(=O)NCCNc1ccc(C)nn1. The summed E-state index contributed by atoms with van der Waals surface area (Å²) in [6.45, 7) is 2.81. The van der Waals surface area contributed by atoms with E-state index in [1.54, 1.807) is 18.2 Å². The van der Waals surface area contributed by atoms with E-state index < -0.39 is 0 Å². The minimum Gasteiger partial charge on any atom is -0.495 e. The Hall–Kier alpha value is -2.54. The van der Waals surface area contributed by atoms with E-state index in [1.165, 1.54) is 7.11 Å². The van der Waals surface area contributed by atoms with Crippen molar-refractivity contribution >= 4 is 29.1 Å². The van der Waals surface area contributed by atoms with Gasteiger partial charge in [-0.3, -0.25) is 0 Å². The maximum absolute atomic E-state index is 11.9. The summed E-state index contributed by atoms with van der Waals surface area (Å²) < 4.78 is 5.17. The molecule has 1 aromatic heterocycles. The molecule has 1 heterocycles. The van der Waals surface area contributed by atoms with Crippen molar-refractivity contribution in [2.24, 2.45) is 0 Å². The lowest BCUT2D eigenvalue weighted by Crippen LogP contribution is -2.32. The number of hydrogen-bond donors (Lipinski definition) is 3. The van der Waals surface area contributed by atoms with E-state index in [0.717, 1.165) is 5.69 Å². The quantitative estimate of drug-likeness (QED) is 0.706. The summed E-state index contributed by atoms with van der Waals surface area (Å²) >= 11 is 5.91. The van der Waals surface area contributed by atoms with Crippen LogP contribution in [0.2, 0.25) is 5.02 Å². The van der Waals surface area contributed by atoms with Gasteiger partial charge in [-0.25, -0.2) is 4.79 Å². The molecule has 0 bridgehead atoms. The van der Waals surface area contributed by atoms with Gasteiger partial charge in [-0.2, -0.15) is 5.10 Å². The van der Waals surface area contributed by atoms with Gasteiger partial charge in [0.05, 0.1) is 18.5 Å². The van der Waals surface area contributed by atoms with Crippen molar-refractivity contribution in [2.45, 2.75) is 6.92 Å². The number of methoxy groups -OCH3 is 1. The lowest BCUT2D eigenvalue weighted by molar-refractivity contribution is 0.252. The highest BCUT2D eigenvalue weighted by Gasteiger charge is 2.07. The molecule has 0 saturated carbocycles. The smallest absolute Gasteiger partial charge is 0.319 e. The van der Waals surface area contributed by atoms with Crippen molar-refractivity contribution in [3.63, 3.8) is 0 Å². The molecule has 0 atom stereocenters. The van der Waals surface area contributed by atoms with E-state index in [0.29, 0.717) is 35.4 Å². The number of aromatic nitrogens is 2. The Labute approximate surface area is 139 Å². The number of carbonyl (C=O) groups excluding carboxylic acids is 1. The zero-order valence-corrected chi connectivity index (χ0v) is 13.6. The number of ether oxygens (including phenoxy) is 1. The van der Waals surface area contributed by atoms with E-state index in [4.69, 9.17) is 16.3 Å². The zero-order valence-electron chi connectivity index (χ0n) is 12.9. The van der Waals surface area contributed by atoms with Crippen molar-refractivity contribution in [1.29, 1.82) is 0 Å². The van der Waals surface area contributed by atoms with E-state index in [1.807, 2.05) is 19.1 Å². The van der Waals surface area contributed by atoms with Crippen molar-refractivity contribution in [1.82, 2.24) is 15.5 Å². The Bertz CT molecular complexity index is 663. The van der Waals surface area contributed by atoms with Crippen molar-refractivity contribution in [3.05, 3.63) is 41.0 Å². The number of amides is 2. The van der Waals surface area contributed by atoms with E-state index >= 15 is 0 Å². The molecule has 0 fully saturated rings. The molecule has 0 aliphatic heterocycles. The summed E-state index contributed by atoms with van der Waals surface area (Å²) in [6.07, 6.45) is 0. The molecule has 0 radical (unpaired) electrons. The molecule has 1 aromatic carbocycles. The number of anilines is 2. The van der Waals surface area contributed by atoms with Gasteiger partial charge >= 0.3 is 6.03 Å². The molecular weight excluding hydrogens is 318 g/mol. The van der Waals surface area contributed by atoms with Crippen LogP contribution in [0.15, 0.2) is 30.3 Å². The number of carbonyl (C=O) groups is 1. The molecule has 2 rings (SSSR count). The summed E-state index contributed by atoms with van der Waals surface area (Å²) in [5.74, 6) is 1.20. The van der Waals surface area contributed by atoms with Crippen LogP contribution in [0.5, 0.6) is 5.75 Å². The monoisotopic (exact) mass is 335 g/mol. The fourth-order valence-electron chi connectivity index (χ4n) is 1.80. The van der Waals surface area contributed by atoms with Crippen LogP contribution >= 0.6 is 11.6 Å². The number of urea groups is 1. The van der Waals surface area contributed by atoms with Gasteiger partial charge in [0.15, 0.2) is 0 Å². The highest BCUT2D eigenvalue weighted by Crippen LogP contribution is 2.27. The molecule has 8 heteroatoms. The van der Waals surface area contributed by atoms with Gasteiger partial charge in [0.25, 0.3) is 0 Å². The fraction of sp³-hybridized carbons (Fsp3) is 0.267.